The fourth-order valence-electron chi connectivity index (χ4n) is 7.67. The van der Waals surface area contributed by atoms with E-state index in [9.17, 15) is 18.0 Å². The fraction of sp³-hybridized carbons (Fsp3) is 0.600. The standard InChI is InChI=1S/C35H49ClN4O6S/c1-45-35(42)39-33(32(27-18-22-46-23-19-27)26-14-16-28(36)17-15-26)34(41)38-31-13-6-5-8-25(31)9-7-10-29-24-37-20-21-40(29)47(43,44)30-11-3-2-4-12-30/h2-4,11-12,14-17,25,27,29,31-33,37H,5-10,13,18-24H2,1H3,(H,38,41)(H,39,42)/t25-,29+,31+,32?,33+/m1/s1. The summed E-state index contributed by atoms with van der Waals surface area (Å²) in [5.41, 5.74) is 0.939. The Bertz CT molecular complexity index is 1410. The molecule has 10 nitrogen and oxygen atoms in total. The predicted molar refractivity (Wildman–Crippen MR) is 182 cm³/mol. The van der Waals surface area contributed by atoms with Crippen LogP contribution < -0.4 is 16.0 Å². The van der Waals surface area contributed by atoms with Gasteiger partial charge in [0.15, 0.2) is 0 Å². The molecule has 5 rings (SSSR count). The van der Waals surface area contributed by atoms with Crippen LogP contribution in [0.4, 0.5) is 4.79 Å². The maximum atomic E-state index is 14.2. The minimum absolute atomic E-state index is 0.0348. The first-order valence-electron chi connectivity index (χ1n) is 17.0. The molecule has 2 saturated heterocycles. The Morgan fingerprint density at radius 1 is 1.02 bits per heavy atom. The summed E-state index contributed by atoms with van der Waals surface area (Å²) in [5.74, 6) is -0.109. The smallest absolute Gasteiger partial charge is 0.407 e. The van der Waals surface area contributed by atoms with Crippen LogP contribution in [-0.2, 0) is 24.3 Å². The minimum Gasteiger partial charge on any atom is -0.453 e. The van der Waals surface area contributed by atoms with Gasteiger partial charge in [-0.3, -0.25) is 4.79 Å². The number of piperazine rings is 1. The Kier molecular flexibility index (Phi) is 13.0. The zero-order chi connectivity index (χ0) is 33.2. The SMILES string of the molecule is COC(=O)N[C@H](C(=O)N[C@H]1CCCC[C@@H]1CCC[C@H]1CNCCN1S(=O)(=O)c1ccccc1)C(c1ccc(Cl)cc1)C1CCOCC1. The summed E-state index contributed by atoms with van der Waals surface area (Å²) in [6, 6.07) is 15.2. The van der Waals surface area contributed by atoms with Gasteiger partial charge in [0, 0.05) is 55.9 Å². The number of alkyl carbamates (subject to hydrolysis) is 1. The number of rotatable bonds is 12. The van der Waals surface area contributed by atoms with Gasteiger partial charge < -0.3 is 25.4 Å². The predicted octanol–water partition coefficient (Wildman–Crippen LogP) is 5.08. The molecule has 1 saturated carbocycles. The number of benzene rings is 2. The first-order chi connectivity index (χ1) is 22.8. The van der Waals surface area contributed by atoms with Crippen molar-refractivity contribution in [2.75, 3.05) is 40.0 Å². The van der Waals surface area contributed by atoms with Crippen molar-refractivity contribution in [2.45, 2.75) is 86.7 Å². The van der Waals surface area contributed by atoms with Crippen LogP contribution in [0.25, 0.3) is 0 Å². The van der Waals surface area contributed by atoms with Crippen LogP contribution in [0, 0.1) is 11.8 Å². The Balaban J connectivity index is 1.27. The number of hydrogen-bond donors (Lipinski definition) is 3. The number of carbonyl (C=O) groups excluding carboxylic acids is 2. The molecule has 3 aliphatic rings. The molecule has 0 spiro atoms. The highest BCUT2D eigenvalue weighted by molar-refractivity contribution is 7.89. The fourth-order valence-corrected chi connectivity index (χ4v) is 9.47. The molecule has 5 atom stereocenters. The molecule has 0 aromatic heterocycles. The number of hydrogen-bond acceptors (Lipinski definition) is 7. The van der Waals surface area contributed by atoms with E-state index in [1.165, 1.54) is 7.11 Å². The molecule has 12 heteroatoms. The molecule has 2 aromatic rings. The van der Waals surface area contributed by atoms with E-state index >= 15 is 0 Å². The number of halogens is 1. The van der Waals surface area contributed by atoms with Gasteiger partial charge in [-0.05, 0) is 80.2 Å². The molecule has 0 radical (unpaired) electrons. The van der Waals surface area contributed by atoms with Gasteiger partial charge in [-0.1, -0.05) is 61.2 Å². The number of sulfonamides is 1. The number of nitrogens with one attached hydrogen (secondary N) is 3. The third-order valence-corrected chi connectivity index (χ3v) is 12.3. The van der Waals surface area contributed by atoms with Crippen LogP contribution >= 0.6 is 11.6 Å². The Hall–Kier alpha value is -2.70. The largest absolute Gasteiger partial charge is 0.453 e. The number of methoxy groups -OCH3 is 1. The van der Waals surface area contributed by atoms with E-state index in [4.69, 9.17) is 21.1 Å². The van der Waals surface area contributed by atoms with Gasteiger partial charge in [-0.15, -0.1) is 0 Å². The van der Waals surface area contributed by atoms with E-state index in [0.717, 1.165) is 63.4 Å². The molecule has 2 amide bonds. The van der Waals surface area contributed by atoms with Crippen LogP contribution in [0.2, 0.25) is 5.02 Å². The van der Waals surface area contributed by atoms with Gasteiger partial charge >= 0.3 is 6.09 Å². The highest BCUT2D eigenvalue weighted by atomic mass is 35.5. The van der Waals surface area contributed by atoms with Crippen molar-refractivity contribution in [3.05, 3.63) is 65.2 Å². The van der Waals surface area contributed by atoms with Gasteiger partial charge in [0.1, 0.15) is 6.04 Å². The van der Waals surface area contributed by atoms with Gasteiger partial charge in [0.25, 0.3) is 0 Å². The third kappa shape index (κ3) is 9.26. The van der Waals surface area contributed by atoms with Crippen molar-refractivity contribution in [3.8, 4) is 0 Å². The Labute approximate surface area is 284 Å². The average molecular weight is 689 g/mol. The van der Waals surface area contributed by atoms with Gasteiger partial charge in [-0.2, -0.15) is 4.31 Å². The zero-order valence-corrected chi connectivity index (χ0v) is 28.8. The maximum Gasteiger partial charge on any atom is 0.407 e. The van der Waals surface area contributed by atoms with E-state index in [1.807, 2.05) is 30.3 Å². The molecule has 1 unspecified atom stereocenters. The second kappa shape index (κ2) is 17.1. The monoisotopic (exact) mass is 688 g/mol. The zero-order valence-electron chi connectivity index (χ0n) is 27.2. The molecule has 1 aliphatic carbocycles. The first-order valence-corrected chi connectivity index (χ1v) is 18.9. The number of carbonyl (C=O) groups is 2. The molecule has 2 aromatic carbocycles. The van der Waals surface area contributed by atoms with Crippen molar-refractivity contribution in [2.24, 2.45) is 11.8 Å². The lowest BCUT2D eigenvalue weighted by atomic mass is 9.76. The van der Waals surface area contributed by atoms with Crippen LogP contribution in [-0.4, -0.2) is 82.8 Å². The maximum absolute atomic E-state index is 14.2. The summed E-state index contributed by atoms with van der Waals surface area (Å²) in [7, 11) is -2.27. The summed E-state index contributed by atoms with van der Waals surface area (Å²) in [6.45, 7) is 2.90. The lowest BCUT2D eigenvalue weighted by Gasteiger charge is -2.38. The minimum atomic E-state index is -3.58. The third-order valence-electron chi connectivity index (χ3n) is 10.1. The summed E-state index contributed by atoms with van der Waals surface area (Å²) < 4.78 is 39.2. The highest BCUT2D eigenvalue weighted by Crippen LogP contribution is 2.37. The Morgan fingerprint density at radius 2 is 1.74 bits per heavy atom. The van der Waals surface area contributed by atoms with Crippen LogP contribution in [0.3, 0.4) is 0 Å². The van der Waals surface area contributed by atoms with Crippen molar-refractivity contribution >= 4 is 33.6 Å². The van der Waals surface area contributed by atoms with Crippen LogP contribution in [0.5, 0.6) is 0 Å². The summed E-state index contributed by atoms with van der Waals surface area (Å²) >= 11 is 6.22. The van der Waals surface area contributed by atoms with E-state index in [-0.39, 0.29) is 35.7 Å². The second-order valence-corrected chi connectivity index (χ2v) is 15.3. The van der Waals surface area contributed by atoms with Crippen LogP contribution in [0.15, 0.2) is 59.5 Å². The second-order valence-electron chi connectivity index (χ2n) is 13.0. The van der Waals surface area contributed by atoms with Crippen molar-refractivity contribution < 1.29 is 27.5 Å². The van der Waals surface area contributed by atoms with E-state index < -0.39 is 22.2 Å². The quantitative estimate of drug-likeness (QED) is 0.284. The molecule has 3 fully saturated rings. The molecular formula is C35H49ClN4O6S. The molecule has 2 heterocycles. The summed E-state index contributed by atoms with van der Waals surface area (Å²) in [6.07, 6.45) is 7.36. The molecule has 0 bridgehead atoms. The van der Waals surface area contributed by atoms with E-state index in [1.54, 1.807) is 28.6 Å². The molecule has 258 valence electrons. The van der Waals surface area contributed by atoms with Crippen LogP contribution in [0.1, 0.15) is 69.3 Å². The Morgan fingerprint density at radius 3 is 2.47 bits per heavy atom. The normalized spacial score (nSPS) is 24.2. The van der Waals surface area contributed by atoms with Gasteiger partial charge in [0.2, 0.25) is 15.9 Å². The number of nitrogens with zero attached hydrogens (tertiary/aromatic N) is 1. The van der Waals surface area contributed by atoms with Crippen molar-refractivity contribution in [3.63, 3.8) is 0 Å². The molecular weight excluding hydrogens is 640 g/mol. The lowest BCUT2D eigenvalue weighted by Crippen LogP contribution is -2.55. The lowest BCUT2D eigenvalue weighted by molar-refractivity contribution is -0.125. The first kappa shape index (κ1) is 35.6. The summed E-state index contributed by atoms with van der Waals surface area (Å²) in [5, 5.41) is 10.2. The van der Waals surface area contributed by atoms with E-state index in [2.05, 4.69) is 16.0 Å². The van der Waals surface area contributed by atoms with Gasteiger partial charge in [-0.25, -0.2) is 13.2 Å². The number of amides is 2. The molecule has 47 heavy (non-hydrogen) atoms. The highest BCUT2D eigenvalue weighted by Gasteiger charge is 2.40. The van der Waals surface area contributed by atoms with Crippen molar-refractivity contribution in [1.82, 2.24) is 20.3 Å². The van der Waals surface area contributed by atoms with Gasteiger partial charge in [0.05, 0.1) is 12.0 Å². The number of ether oxygens (including phenoxy) is 2. The topological polar surface area (TPSA) is 126 Å². The summed E-state index contributed by atoms with van der Waals surface area (Å²) in [4.78, 5) is 27.2. The molecule has 3 N–H and O–H groups in total. The average Bonchev–Trinajstić information content (AvgIpc) is 3.10. The molecule has 2 aliphatic heterocycles. The van der Waals surface area contributed by atoms with E-state index in [0.29, 0.717) is 42.8 Å². The van der Waals surface area contributed by atoms with Crippen molar-refractivity contribution in [1.29, 1.82) is 0 Å².